The number of nitrogens with zero attached hydrogens (tertiary/aromatic N) is 2. The second-order valence-electron chi connectivity index (χ2n) is 4.06. The molecule has 1 aromatic heterocycles. The highest BCUT2D eigenvalue weighted by Crippen LogP contribution is 2.09. The van der Waals surface area contributed by atoms with Gasteiger partial charge in [-0.15, -0.1) is 17.0 Å². The van der Waals surface area contributed by atoms with E-state index in [4.69, 9.17) is 5.73 Å². The molecular formula is C13H14BrN3O3. The number of ketones is 1. The summed E-state index contributed by atoms with van der Waals surface area (Å²) in [5, 5.41) is 0. The highest BCUT2D eigenvalue weighted by atomic mass is 79.9. The third kappa shape index (κ3) is 4.07. The molecule has 1 aromatic carbocycles. The van der Waals surface area contributed by atoms with Crippen LogP contribution in [-0.4, -0.2) is 27.9 Å². The monoisotopic (exact) mass is 339 g/mol. The Kier molecular flexibility index (Phi) is 5.72. The first-order valence-electron chi connectivity index (χ1n) is 5.76. The van der Waals surface area contributed by atoms with E-state index >= 15 is 0 Å². The fourth-order valence-corrected chi connectivity index (χ4v) is 1.55. The molecule has 0 fully saturated rings. The minimum atomic E-state index is -0.954. The molecule has 20 heavy (non-hydrogen) atoms. The van der Waals surface area contributed by atoms with Crippen molar-refractivity contribution in [2.75, 3.05) is 0 Å². The van der Waals surface area contributed by atoms with Crippen LogP contribution < -0.4 is 5.73 Å². The largest absolute Gasteiger partial charge is 0.441 e. The number of ether oxygens (including phenoxy) is 1. The molecule has 0 saturated heterocycles. The maximum Gasteiger partial charge on any atom is 0.376 e. The van der Waals surface area contributed by atoms with E-state index in [0.717, 1.165) is 5.52 Å². The number of para-hydroxylation sites is 2. The molecule has 1 unspecified atom stereocenters. The van der Waals surface area contributed by atoms with Crippen molar-refractivity contribution < 1.29 is 14.3 Å². The van der Waals surface area contributed by atoms with Crippen LogP contribution in [0.25, 0.3) is 11.0 Å². The number of carbonyl (C=O) groups excluding carboxylic acids is 2. The summed E-state index contributed by atoms with van der Waals surface area (Å²) in [5.41, 5.74) is 7.10. The number of benzene rings is 1. The molecule has 0 saturated carbocycles. The molecule has 0 amide bonds. The standard InChI is InChI=1S/C13H13N3O3.BrH/c1-8(14)19-13(18)12(17)6-9-7-15-10-4-2-3-5-11(10)16-9;/h2-5,7-8H,6,14H2,1H3;1H. The van der Waals surface area contributed by atoms with E-state index in [9.17, 15) is 9.59 Å². The molecule has 1 heterocycles. The van der Waals surface area contributed by atoms with Crippen molar-refractivity contribution in [1.29, 1.82) is 0 Å². The molecule has 0 spiro atoms. The van der Waals surface area contributed by atoms with E-state index in [2.05, 4.69) is 14.7 Å². The molecule has 2 aromatic rings. The van der Waals surface area contributed by atoms with E-state index in [-0.39, 0.29) is 23.4 Å². The smallest absolute Gasteiger partial charge is 0.376 e. The van der Waals surface area contributed by atoms with Gasteiger partial charge in [0.15, 0.2) is 0 Å². The molecule has 6 nitrogen and oxygen atoms in total. The van der Waals surface area contributed by atoms with Crippen molar-refractivity contribution in [3.05, 3.63) is 36.2 Å². The molecule has 0 radical (unpaired) electrons. The lowest BCUT2D eigenvalue weighted by Gasteiger charge is -2.06. The maximum atomic E-state index is 11.6. The molecule has 0 aliphatic carbocycles. The molecule has 0 aliphatic rings. The Morgan fingerprint density at radius 1 is 1.30 bits per heavy atom. The lowest BCUT2D eigenvalue weighted by molar-refractivity contribution is -0.156. The first kappa shape index (κ1) is 16.2. The lowest BCUT2D eigenvalue weighted by atomic mass is 10.2. The molecule has 2 rings (SSSR count). The minimum absolute atomic E-state index is 0. The van der Waals surface area contributed by atoms with Gasteiger partial charge in [-0.25, -0.2) is 9.78 Å². The van der Waals surface area contributed by atoms with Crippen molar-refractivity contribution in [2.24, 2.45) is 5.73 Å². The molecule has 0 bridgehead atoms. The highest BCUT2D eigenvalue weighted by molar-refractivity contribution is 8.93. The molecule has 7 heteroatoms. The van der Waals surface area contributed by atoms with Gasteiger partial charge in [0, 0.05) is 6.20 Å². The zero-order chi connectivity index (χ0) is 13.8. The van der Waals surface area contributed by atoms with Crippen LogP contribution in [-0.2, 0) is 20.7 Å². The Morgan fingerprint density at radius 2 is 1.95 bits per heavy atom. The number of Topliss-reactive ketones (excluding diaryl/α,β-unsaturated/α-hetero) is 1. The number of aromatic nitrogens is 2. The lowest BCUT2D eigenvalue weighted by Crippen LogP contribution is -2.29. The molecule has 2 N–H and O–H groups in total. The van der Waals surface area contributed by atoms with Crippen LogP contribution in [0.1, 0.15) is 12.6 Å². The van der Waals surface area contributed by atoms with Gasteiger partial charge in [0.2, 0.25) is 5.78 Å². The van der Waals surface area contributed by atoms with Gasteiger partial charge in [-0.2, -0.15) is 0 Å². The number of carbonyl (C=O) groups is 2. The van der Waals surface area contributed by atoms with Crippen molar-refractivity contribution in [3.8, 4) is 0 Å². The third-order valence-electron chi connectivity index (χ3n) is 2.36. The Bertz CT molecular complexity index is 631. The summed E-state index contributed by atoms with van der Waals surface area (Å²) in [6.45, 7) is 1.47. The van der Waals surface area contributed by atoms with Crippen LogP contribution in [0, 0.1) is 0 Å². The van der Waals surface area contributed by atoms with Crippen LogP contribution in [0.15, 0.2) is 30.5 Å². The van der Waals surface area contributed by atoms with E-state index in [1.165, 1.54) is 13.1 Å². The third-order valence-corrected chi connectivity index (χ3v) is 2.36. The van der Waals surface area contributed by atoms with E-state index in [1.54, 1.807) is 6.07 Å². The SMILES string of the molecule is Br.CC(N)OC(=O)C(=O)Cc1cnc2ccccc2n1. The van der Waals surface area contributed by atoms with Gasteiger partial charge in [-0.3, -0.25) is 15.5 Å². The number of hydrogen-bond donors (Lipinski definition) is 1. The molecule has 1 atom stereocenters. The summed E-state index contributed by atoms with van der Waals surface area (Å²) in [6, 6.07) is 7.28. The number of fused-ring (bicyclic) bond motifs is 1. The number of halogens is 1. The summed E-state index contributed by atoms with van der Waals surface area (Å²) in [7, 11) is 0. The summed E-state index contributed by atoms with van der Waals surface area (Å²) in [6.07, 6.45) is 0.516. The van der Waals surface area contributed by atoms with Crippen LogP contribution in [0.3, 0.4) is 0 Å². The zero-order valence-corrected chi connectivity index (χ0v) is 12.5. The van der Waals surface area contributed by atoms with Gasteiger partial charge < -0.3 is 4.74 Å². The molecule has 106 valence electrons. The van der Waals surface area contributed by atoms with Crippen molar-refractivity contribution in [1.82, 2.24) is 9.97 Å². The summed E-state index contributed by atoms with van der Waals surface area (Å²) in [5.74, 6) is -1.65. The van der Waals surface area contributed by atoms with Crippen LogP contribution in [0.2, 0.25) is 0 Å². The Morgan fingerprint density at radius 3 is 2.60 bits per heavy atom. The average Bonchev–Trinajstić information content (AvgIpc) is 2.37. The van der Waals surface area contributed by atoms with Crippen molar-refractivity contribution in [3.63, 3.8) is 0 Å². The normalized spacial score (nSPS) is 11.5. The Balaban J connectivity index is 0.00000200. The first-order valence-corrected chi connectivity index (χ1v) is 5.76. The number of esters is 1. The van der Waals surface area contributed by atoms with E-state index in [1.807, 2.05) is 18.2 Å². The maximum absolute atomic E-state index is 11.6. The van der Waals surface area contributed by atoms with Crippen molar-refractivity contribution >= 4 is 39.8 Å². The highest BCUT2D eigenvalue weighted by Gasteiger charge is 2.18. The van der Waals surface area contributed by atoms with E-state index < -0.39 is 18.0 Å². The molecular weight excluding hydrogens is 326 g/mol. The summed E-state index contributed by atoms with van der Waals surface area (Å²) >= 11 is 0. The van der Waals surface area contributed by atoms with Crippen LogP contribution >= 0.6 is 17.0 Å². The van der Waals surface area contributed by atoms with Gasteiger partial charge >= 0.3 is 5.97 Å². The quantitative estimate of drug-likeness (QED) is 0.510. The topological polar surface area (TPSA) is 95.2 Å². The van der Waals surface area contributed by atoms with E-state index in [0.29, 0.717) is 11.2 Å². The van der Waals surface area contributed by atoms with Crippen molar-refractivity contribution in [2.45, 2.75) is 19.6 Å². The zero-order valence-electron chi connectivity index (χ0n) is 10.8. The van der Waals surface area contributed by atoms with Gasteiger partial charge in [-0.05, 0) is 19.1 Å². The Labute approximate surface area is 126 Å². The number of hydrogen-bond acceptors (Lipinski definition) is 6. The average molecular weight is 340 g/mol. The second kappa shape index (κ2) is 7.06. The molecule has 0 aliphatic heterocycles. The van der Waals surface area contributed by atoms with Crippen LogP contribution in [0.5, 0.6) is 0 Å². The van der Waals surface area contributed by atoms with Crippen LogP contribution in [0.4, 0.5) is 0 Å². The fourth-order valence-electron chi connectivity index (χ4n) is 1.55. The number of nitrogens with two attached hydrogens (primary N) is 1. The first-order chi connectivity index (χ1) is 9.06. The predicted molar refractivity (Wildman–Crippen MR) is 78.3 cm³/mol. The van der Waals surface area contributed by atoms with Gasteiger partial charge in [-0.1, -0.05) is 12.1 Å². The van der Waals surface area contributed by atoms with Gasteiger partial charge in [0.05, 0.1) is 23.1 Å². The summed E-state index contributed by atoms with van der Waals surface area (Å²) in [4.78, 5) is 31.3. The number of rotatable bonds is 4. The van der Waals surface area contributed by atoms with Gasteiger partial charge in [0.1, 0.15) is 6.23 Å². The fraction of sp³-hybridized carbons (Fsp3) is 0.231. The minimum Gasteiger partial charge on any atom is -0.441 e. The summed E-state index contributed by atoms with van der Waals surface area (Å²) < 4.78 is 4.61. The van der Waals surface area contributed by atoms with Gasteiger partial charge in [0.25, 0.3) is 0 Å². The predicted octanol–water partition coefficient (Wildman–Crippen LogP) is 1.17. The Hall–Kier alpha value is -1.86. The second-order valence-corrected chi connectivity index (χ2v) is 4.06.